The summed E-state index contributed by atoms with van der Waals surface area (Å²) in [5.74, 6) is 0. The second kappa shape index (κ2) is 8.25. The van der Waals surface area contributed by atoms with Crippen LogP contribution in [-0.2, 0) is 6.54 Å². The summed E-state index contributed by atoms with van der Waals surface area (Å²) in [4.78, 5) is 7.61. The Kier molecular flexibility index (Phi) is 6.33. The number of aromatic nitrogens is 1. The van der Waals surface area contributed by atoms with Gasteiger partial charge in [0.25, 0.3) is 0 Å². The molecule has 0 amide bonds. The highest BCUT2D eigenvalue weighted by Crippen LogP contribution is 2.30. The van der Waals surface area contributed by atoms with Crippen LogP contribution < -0.4 is 5.73 Å². The van der Waals surface area contributed by atoms with E-state index in [0.29, 0.717) is 19.5 Å². The smallest absolute Gasteiger partial charge is 0.0635 e. The van der Waals surface area contributed by atoms with Crippen molar-refractivity contribution in [2.24, 2.45) is 5.73 Å². The van der Waals surface area contributed by atoms with Crippen molar-refractivity contribution < 1.29 is 0 Å². The third-order valence-electron chi connectivity index (χ3n) is 3.20. The van der Waals surface area contributed by atoms with E-state index in [1.54, 1.807) is 17.5 Å². The summed E-state index contributed by atoms with van der Waals surface area (Å²) in [6.07, 6.45) is 4.11. The standard InChI is InChI=1S/C15H17BrN4S/c16-13-7-15(21-11-13)14(8-18)20(6-2-4-17)10-12-3-1-5-19-9-12/h1,3,5,7,9,11,14H,2,6,8,10,18H2. The molecule has 6 heteroatoms. The van der Waals surface area contributed by atoms with E-state index in [0.717, 1.165) is 16.6 Å². The lowest BCUT2D eigenvalue weighted by Gasteiger charge is -2.29. The van der Waals surface area contributed by atoms with E-state index in [1.165, 1.54) is 4.88 Å². The highest BCUT2D eigenvalue weighted by atomic mass is 79.9. The van der Waals surface area contributed by atoms with Gasteiger partial charge in [0.15, 0.2) is 0 Å². The van der Waals surface area contributed by atoms with Gasteiger partial charge in [0, 0.05) is 53.2 Å². The number of hydrogen-bond donors (Lipinski definition) is 1. The highest BCUT2D eigenvalue weighted by molar-refractivity contribution is 9.10. The normalized spacial score (nSPS) is 12.3. The molecule has 0 spiro atoms. The van der Waals surface area contributed by atoms with Gasteiger partial charge in [-0.1, -0.05) is 6.07 Å². The lowest BCUT2D eigenvalue weighted by atomic mass is 10.1. The Morgan fingerprint density at radius 3 is 2.95 bits per heavy atom. The van der Waals surface area contributed by atoms with E-state index >= 15 is 0 Å². The summed E-state index contributed by atoms with van der Waals surface area (Å²) < 4.78 is 1.07. The lowest BCUT2D eigenvalue weighted by molar-refractivity contribution is 0.199. The summed E-state index contributed by atoms with van der Waals surface area (Å²) in [5.41, 5.74) is 7.12. The van der Waals surface area contributed by atoms with Gasteiger partial charge in [0.05, 0.1) is 12.1 Å². The Morgan fingerprint density at radius 2 is 2.38 bits per heavy atom. The zero-order chi connectivity index (χ0) is 15.1. The molecule has 0 aliphatic carbocycles. The third-order valence-corrected chi connectivity index (χ3v) is 4.99. The number of nitrogens with zero attached hydrogens (tertiary/aromatic N) is 3. The zero-order valence-electron chi connectivity index (χ0n) is 11.6. The van der Waals surface area contributed by atoms with Crippen LogP contribution in [0.1, 0.15) is 22.9 Å². The monoisotopic (exact) mass is 364 g/mol. The predicted octanol–water partition coefficient (Wildman–Crippen LogP) is 3.32. The Balaban J connectivity index is 2.19. The molecule has 110 valence electrons. The Morgan fingerprint density at radius 1 is 1.52 bits per heavy atom. The maximum Gasteiger partial charge on any atom is 0.0635 e. The van der Waals surface area contributed by atoms with Crippen LogP contribution in [0.4, 0.5) is 0 Å². The molecule has 0 aromatic carbocycles. The third kappa shape index (κ3) is 4.61. The number of nitriles is 1. The van der Waals surface area contributed by atoms with Gasteiger partial charge in [-0.25, -0.2) is 0 Å². The maximum absolute atomic E-state index is 8.89. The van der Waals surface area contributed by atoms with Crippen molar-refractivity contribution in [1.82, 2.24) is 9.88 Å². The summed E-state index contributed by atoms with van der Waals surface area (Å²) in [6, 6.07) is 8.41. The van der Waals surface area contributed by atoms with E-state index in [4.69, 9.17) is 11.0 Å². The Labute approximate surface area is 137 Å². The summed E-state index contributed by atoms with van der Waals surface area (Å²) in [7, 11) is 0. The van der Waals surface area contributed by atoms with Crippen molar-refractivity contribution in [2.45, 2.75) is 19.0 Å². The van der Waals surface area contributed by atoms with Crippen molar-refractivity contribution in [2.75, 3.05) is 13.1 Å². The first-order valence-electron chi connectivity index (χ1n) is 6.68. The largest absolute Gasteiger partial charge is 0.329 e. The van der Waals surface area contributed by atoms with E-state index < -0.39 is 0 Å². The Bertz CT molecular complexity index is 593. The number of rotatable bonds is 7. The van der Waals surface area contributed by atoms with Gasteiger partial charge in [-0.15, -0.1) is 11.3 Å². The fourth-order valence-electron chi connectivity index (χ4n) is 2.21. The van der Waals surface area contributed by atoms with Crippen LogP contribution in [0.5, 0.6) is 0 Å². The van der Waals surface area contributed by atoms with Gasteiger partial charge < -0.3 is 5.73 Å². The first-order valence-corrected chi connectivity index (χ1v) is 8.35. The molecule has 2 aromatic rings. The first-order chi connectivity index (χ1) is 10.2. The summed E-state index contributed by atoms with van der Waals surface area (Å²) in [6.45, 7) is 1.97. The van der Waals surface area contributed by atoms with E-state index in [1.807, 2.05) is 18.3 Å². The van der Waals surface area contributed by atoms with Crippen LogP contribution in [0, 0.1) is 11.3 Å². The topological polar surface area (TPSA) is 65.9 Å². The molecular formula is C15H17BrN4S. The molecule has 1 atom stereocenters. The fraction of sp³-hybridized carbons (Fsp3) is 0.333. The van der Waals surface area contributed by atoms with E-state index in [9.17, 15) is 0 Å². The number of pyridine rings is 1. The number of nitrogens with two attached hydrogens (primary N) is 1. The van der Waals surface area contributed by atoms with Crippen molar-refractivity contribution in [3.05, 3.63) is 50.9 Å². The highest BCUT2D eigenvalue weighted by Gasteiger charge is 2.20. The predicted molar refractivity (Wildman–Crippen MR) is 88.7 cm³/mol. The molecule has 0 bridgehead atoms. The van der Waals surface area contributed by atoms with Crippen LogP contribution in [0.3, 0.4) is 0 Å². The first kappa shape index (κ1) is 16.1. The minimum absolute atomic E-state index is 0.120. The van der Waals surface area contributed by atoms with Gasteiger partial charge in [-0.05, 0) is 33.6 Å². The molecule has 0 radical (unpaired) electrons. The molecule has 0 saturated carbocycles. The quantitative estimate of drug-likeness (QED) is 0.818. The SMILES string of the molecule is N#CCCN(Cc1cccnc1)C(CN)c1cc(Br)cs1. The van der Waals surface area contributed by atoms with E-state index in [-0.39, 0.29) is 6.04 Å². The molecule has 1 unspecified atom stereocenters. The van der Waals surface area contributed by atoms with Gasteiger partial charge >= 0.3 is 0 Å². The van der Waals surface area contributed by atoms with Gasteiger partial charge in [0.2, 0.25) is 0 Å². The Hall–Kier alpha value is -1.26. The number of halogens is 1. The molecule has 2 N–H and O–H groups in total. The number of hydrogen-bond acceptors (Lipinski definition) is 5. The molecule has 0 aliphatic rings. The second-order valence-electron chi connectivity index (χ2n) is 4.66. The fourth-order valence-corrected chi connectivity index (χ4v) is 3.81. The van der Waals surface area contributed by atoms with Crippen molar-refractivity contribution in [3.8, 4) is 6.07 Å². The van der Waals surface area contributed by atoms with Crippen LogP contribution in [0.25, 0.3) is 0 Å². The minimum Gasteiger partial charge on any atom is -0.329 e. The van der Waals surface area contributed by atoms with Gasteiger partial charge in [-0.2, -0.15) is 5.26 Å². The molecule has 0 aliphatic heterocycles. The molecule has 21 heavy (non-hydrogen) atoms. The molecular weight excluding hydrogens is 348 g/mol. The van der Waals surface area contributed by atoms with Crippen LogP contribution >= 0.6 is 27.3 Å². The summed E-state index contributed by atoms with van der Waals surface area (Å²) in [5, 5.41) is 10.9. The van der Waals surface area contributed by atoms with Crippen LogP contribution in [-0.4, -0.2) is 23.0 Å². The molecule has 0 fully saturated rings. The molecule has 2 rings (SSSR count). The van der Waals surface area contributed by atoms with Crippen molar-refractivity contribution in [3.63, 3.8) is 0 Å². The molecule has 2 heterocycles. The maximum atomic E-state index is 8.89. The minimum atomic E-state index is 0.120. The van der Waals surface area contributed by atoms with Crippen LogP contribution in [0.2, 0.25) is 0 Å². The van der Waals surface area contributed by atoms with Gasteiger partial charge in [-0.3, -0.25) is 9.88 Å². The zero-order valence-corrected chi connectivity index (χ0v) is 14.0. The second-order valence-corrected chi connectivity index (χ2v) is 6.52. The average molecular weight is 365 g/mol. The number of thiophene rings is 1. The van der Waals surface area contributed by atoms with Crippen LogP contribution in [0.15, 0.2) is 40.4 Å². The average Bonchev–Trinajstić information content (AvgIpc) is 2.92. The van der Waals surface area contributed by atoms with Gasteiger partial charge in [0.1, 0.15) is 0 Å². The van der Waals surface area contributed by atoms with Crippen molar-refractivity contribution >= 4 is 27.3 Å². The summed E-state index contributed by atoms with van der Waals surface area (Å²) >= 11 is 5.17. The molecule has 2 aromatic heterocycles. The lowest BCUT2D eigenvalue weighted by Crippen LogP contribution is -2.33. The van der Waals surface area contributed by atoms with Crippen molar-refractivity contribution in [1.29, 1.82) is 5.26 Å². The van der Waals surface area contributed by atoms with E-state index in [2.05, 4.69) is 43.3 Å². The molecule has 0 saturated heterocycles. The molecule has 4 nitrogen and oxygen atoms in total.